The van der Waals surface area contributed by atoms with E-state index in [-0.39, 0.29) is 12.5 Å². The van der Waals surface area contributed by atoms with Crippen molar-refractivity contribution in [2.24, 2.45) is 0 Å². The summed E-state index contributed by atoms with van der Waals surface area (Å²) in [6.07, 6.45) is -0.847. The molecule has 112 valence electrons. The van der Waals surface area contributed by atoms with Gasteiger partial charge in [0.05, 0.1) is 12.6 Å². The normalized spacial score (nSPS) is 12.5. The number of hydrogen-bond donors (Lipinski definition) is 2. The highest BCUT2D eigenvalue weighted by molar-refractivity contribution is 6.35. The van der Waals surface area contributed by atoms with E-state index in [4.69, 9.17) is 23.2 Å². The summed E-state index contributed by atoms with van der Waals surface area (Å²) >= 11 is 11.8. The topological polar surface area (TPSA) is 52.6 Å². The molecule has 0 saturated heterocycles. The average Bonchev–Trinajstić information content (AvgIpc) is 2.42. The van der Waals surface area contributed by atoms with Gasteiger partial charge in [-0.3, -0.25) is 9.69 Å². The number of carbonyl (C=O) groups is 1. The van der Waals surface area contributed by atoms with Crippen LogP contribution in [0.3, 0.4) is 0 Å². The fourth-order valence-electron chi connectivity index (χ4n) is 1.80. The van der Waals surface area contributed by atoms with Crippen molar-refractivity contribution in [3.63, 3.8) is 0 Å². The molecule has 0 aliphatic carbocycles. The van der Waals surface area contributed by atoms with Gasteiger partial charge in [-0.05, 0) is 25.2 Å². The molecule has 0 saturated carbocycles. The van der Waals surface area contributed by atoms with Crippen molar-refractivity contribution in [1.29, 1.82) is 0 Å². The van der Waals surface area contributed by atoms with E-state index in [1.165, 1.54) is 0 Å². The van der Waals surface area contributed by atoms with E-state index in [9.17, 15) is 9.90 Å². The first-order valence-electron chi connectivity index (χ1n) is 6.60. The highest BCUT2D eigenvalue weighted by Crippen LogP contribution is 2.25. The summed E-state index contributed by atoms with van der Waals surface area (Å²) in [7, 11) is 0. The molecule has 0 aromatic heterocycles. The zero-order valence-electron chi connectivity index (χ0n) is 11.7. The lowest BCUT2D eigenvalue weighted by atomic mass is 10.1. The van der Waals surface area contributed by atoms with E-state index >= 15 is 0 Å². The molecule has 6 heteroatoms. The van der Waals surface area contributed by atoms with Gasteiger partial charge in [0, 0.05) is 22.2 Å². The summed E-state index contributed by atoms with van der Waals surface area (Å²) in [6.45, 7) is 6.08. The molecular weight excluding hydrogens is 299 g/mol. The number of nitrogens with zero attached hydrogens (tertiary/aromatic N) is 1. The van der Waals surface area contributed by atoms with E-state index in [0.717, 1.165) is 13.1 Å². The second-order valence-corrected chi connectivity index (χ2v) is 5.29. The molecule has 2 N–H and O–H groups in total. The lowest BCUT2D eigenvalue weighted by Crippen LogP contribution is -2.38. The Labute approximate surface area is 129 Å². The molecule has 0 fully saturated rings. The third-order valence-corrected chi connectivity index (χ3v) is 3.64. The number of rotatable bonds is 7. The molecule has 0 aliphatic heterocycles. The average molecular weight is 319 g/mol. The summed E-state index contributed by atoms with van der Waals surface area (Å²) in [5, 5.41) is 13.6. The molecule has 0 aliphatic rings. The van der Waals surface area contributed by atoms with Crippen LogP contribution in [-0.2, 0) is 4.79 Å². The van der Waals surface area contributed by atoms with E-state index in [0.29, 0.717) is 22.2 Å². The highest BCUT2D eigenvalue weighted by atomic mass is 35.5. The van der Waals surface area contributed by atoms with E-state index in [2.05, 4.69) is 5.32 Å². The van der Waals surface area contributed by atoms with Crippen molar-refractivity contribution in [2.75, 3.05) is 26.2 Å². The Balaban J connectivity index is 2.50. The van der Waals surface area contributed by atoms with Gasteiger partial charge in [-0.25, -0.2) is 0 Å². The fraction of sp³-hybridized carbons (Fsp3) is 0.500. The SMILES string of the molecule is CCN(CC)CC(=O)NCC(O)c1ccc(Cl)cc1Cl. The predicted molar refractivity (Wildman–Crippen MR) is 82.2 cm³/mol. The van der Waals surface area contributed by atoms with Crippen LogP contribution in [-0.4, -0.2) is 42.1 Å². The molecule has 4 nitrogen and oxygen atoms in total. The highest BCUT2D eigenvalue weighted by Gasteiger charge is 2.14. The van der Waals surface area contributed by atoms with Crippen LogP contribution >= 0.6 is 23.2 Å². The second-order valence-electron chi connectivity index (χ2n) is 4.45. The van der Waals surface area contributed by atoms with Crippen LogP contribution in [0.2, 0.25) is 10.0 Å². The van der Waals surface area contributed by atoms with Crippen LogP contribution in [0.25, 0.3) is 0 Å². The first kappa shape index (κ1) is 17.2. The van der Waals surface area contributed by atoms with Crippen molar-refractivity contribution < 1.29 is 9.90 Å². The lowest BCUT2D eigenvalue weighted by molar-refractivity contribution is -0.122. The van der Waals surface area contributed by atoms with Crippen molar-refractivity contribution >= 4 is 29.1 Å². The molecule has 1 aromatic carbocycles. The number of halogens is 2. The smallest absolute Gasteiger partial charge is 0.234 e. The molecule has 1 aromatic rings. The van der Waals surface area contributed by atoms with Crippen molar-refractivity contribution in [3.8, 4) is 0 Å². The molecule has 0 spiro atoms. The third kappa shape index (κ3) is 5.29. The molecule has 0 heterocycles. The van der Waals surface area contributed by atoms with Gasteiger partial charge in [0.1, 0.15) is 0 Å². The van der Waals surface area contributed by atoms with Crippen LogP contribution in [0, 0.1) is 0 Å². The largest absolute Gasteiger partial charge is 0.387 e. The third-order valence-electron chi connectivity index (χ3n) is 3.08. The number of likely N-dealkylation sites (N-methyl/N-ethyl adjacent to an activating group) is 1. The molecule has 1 unspecified atom stereocenters. The van der Waals surface area contributed by atoms with Crippen LogP contribution in [0.4, 0.5) is 0 Å². The second kappa shape index (κ2) is 8.47. The van der Waals surface area contributed by atoms with Gasteiger partial charge in [-0.15, -0.1) is 0 Å². The molecular formula is C14H20Cl2N2O2. The van der Waals surface area contributed by atoms with Crippen LogP contribution in [0.15, 0.2) is 18.2 Å². The standard InChI is InChI=1S/C14H20Cl2N2O2/c1-3-18(4-2)9-14(20)17-8-13(19)11-6-5-10(15)7-12(11)16/h5-7,13,19H,3-4,8-9H2,1-2H3,(H,17,20). The Morgan fingerprint density at radius 3 is 2.55 bits per heavy atom. The summed E-state index contributed by atoms with van der Waals surface area (Å²) < 4.78 is 0. The molecule has 0 bridgehead atoms. The number of hydrogen-bond acceptors (Lipinski definition) is 3. The van der Waals surface area contributed by atoms with Crippen LogP contribution in [0.5, 0.6) is 0 Å². The Morgan fingerprint density at radius 1 is 1.35 bits per heavy atom. The van der Waals surface area contributed by atoms with Crippen molar-refractivity contribution in [2.45, 2.75) is 20.0 Å². The summed E-state index contributed by atoms with van der Waals surface area (Å²) in [5.74, 6) is -0.113. The first-order chi connectivity index (χ1) is 9.47. The Kier molecular flexibility index (Phi) is 7.30. The van der Waals surface area contributed by atoms with Gasteiger partial charge in [0.25, 0.3) is 0 Å². The Morgan fingerprint density at radius 2 is 2.00 bits per heavy atom. The van der Waals surface area contributed by atoms with Crippen LogP contribution < -0.4 is 5.32 Å². The maximum atomic E-state index is 11.7. The first-order valence-corrected chi connectivity index (χ1v) is 7.35. The number of aliphatic hydroxyl groups is 1. The minimum Gasteiger partial charge on any atom is -0.387 e. The van der Waals surface area contributed by atoms with Gasteiger partial charge >= 0.3 is 0 Å². The monoisotopic (exact) mass is 318 g/mol. The zero-order chi connectivity index (χ0) is 15.1. The molecule has 1 atom stereocenters. The Bertz CT molecular complexity index is 451. The molecule has 0 radical (unpaired) electrons. The van der Waals surface area contributed by atoms with Crippen LogP contribution in [0.1, 0.15) is 25.5 Å². The van der Waals surface area contributed by atoms with Gasteiger partial charge in [0.15, 0.2) is 0 Å². The van der Waals surface area contributed by atoms with Crippen molar-refractivity contribution in [3.05, 3.63) is 33.8 Å². The maximum Gasteiger partial charge on any atom is 0.234 e. The van der Waals surface area contributed by atoms with Gasteiger partial charge in [0.2, 0.25) is 5.91 Å². The number of carbonyl (C=O) groups excluding carboxylic acids is 1. The van der Waals surface area contributed by atoms with E-state index < -0.39 is 6.10 Å². The number of aliphatic hydroxyl groups excluding tert-OH is 1. The van der Waals surface area contributed by atoms with Gasteiger partial charge in [-0.2, -0.15) is 0 Å². The predicted octanol–water partition coefficient (Wildman–Crippen LogP) is 2.48. The maximum absolute atomic E-state index is 11.7. The summed E-state index contributed by atoms with van der Waals surface area (Å²) in [4.78, 5) is 13.7. The molecule has 1 amide bonds. The minimum atomic E-state index is -0.847. The summed E-state index contributed by atoms with van der Waals surface area (Å²) in [5.41, 5.74) is 0.555. The quantitative estimate of drug-likeness (QED) is 0.812. The molecule has 20 heavy (non-hydrogen) atoms. The number of benzene rings is 1. The number of amides is 1. The van der Waals surface area contributed by atoms with Gasteiger partial charge < -0.3 is 10.4 Å². The fourth-order valence-corrected chi connectivity index (χ4v) is 2.33. The van der Waals surface area contributed by atoms with E-state index in [1.807, 2.05) is 18.7 Å². The molecule has 1 rings (SSSR count). The summed E-state index contributed by atoms with van der Waals surface area (Å²) in [6, 6.07) is 4.88. The lowest BCUT2D eigenvalue weighted by Gasteiger charge is -2.18. The number of nitrogens with one attached hydrogen (secondary N) is 1. The van der Waals surface area contributed by atoms with Crippen molar-refractivity contribution in [1.82, 2.24) is 10.2 Å². The zero-order valence-corrected chi connectivity index (χ0v) is 13.2. The minimum absolute atomic E-state index is 0.113. The van der Waals surface area contributed by atoms with Gasteiger partial charge in [-0.1, -0.05) is 43.1 Å². The Hall–Kier alpha value is -0.810. The van der Waals surface area contributed by atoms with E-state index in [1.54, 1.807) is 18.2 Å².